The first-order chi connectivity index (χ1) is 10.5. The Labute approximate surface area is 132 Å². The normalized spacial score (nSPS) is 19.5. The number of hydrogen-bond acceptors (Lipinski definition) is 3. The highest BCUT2D eigenvalue weighted by Gasteiger charge is 2.36. The van der Waals surface area contributed by atoms with E-state index in [1.807, 2.05) is 20.8 Å². The Morgan fingerprint density at radius 1 is 1.17 bits per heavy atom. The Morgan fingerprint density at radius 3 is 2.35 bits per heavy atom. The van der Waals surface area contributed by atoms with Crippen LogP contribution in [-0.4, -0.2) is 17.9 Å². The fourth-order valence-electron chi connectivity index (χ4n) is 2.39. The van der Waals surface area contributed by atoms with Gasteiger partial charge >= 0.3 is 6.18 Å². The second-order valence-corrected chi connectivity index (χ2v) is 6.66. The average Bonchev–Trinajstić information content (AvgIpc) is 2.40. The van der Waals surface area contributed by atoms with Crippen LogP contribution in [0.4, 0.5) is 18.9 Å². The van der Waals surface area contributed by atoms with Crippen molar-refractivity contribution >= 4 is 17.5 Å². The molecule has 4 nitrogen and oxygen atoms in total. The molecule has 0 aliphatic carbocycles. The summed E-state index contributed by atoms with van der Waals surface area (Å²) in [5, 5.41) is 4.74. The molecule has 1 aromatic rings. The second-order valence-electron chi connectivity index (χ2n) is 6.66. The monoisotopic (exact) mass is 328 g/mol. The molecular weight excluding hydrogens is 309 g/mol. The van der Waals surface area contributed by atoms with Crippen molar-refractivity contribution in [2.45, 2.75) is 51.2 Å². The molecule has 7 heteroatoms. The minimum atomic E-state index is -4.54. The predicted octanol–water partition coefficient (Wildman–Crippen LogP) is 3.22. The summed E-state index contributed by atoms with van der Waals surface area (Å²) >= 11 is 0. The highest BCUT2D eigenvalue weighted by molar-refractivity contribution is 6.01. The molecule has 1 aliphatic heterocycles. The topological polar surface area (TPSA) is 58.2 Å². The van der Waals surface area contributed by atoms with Crippen LogP contribution in [0.5, 0.6) is 0 Å². The largest absolute Gasteiger partial charge is 0.418 e. The first-order valence-electron chi connectivity index (χ1n) is 7.30. The van der Waals surface area contributed by atoms with E-state index in [9.17, 15) is 22.8 Å². The lowest BCUT2D eigenvalue weighted by Gasteiger charge is -2.26. The fraction of sp³-hybridized carbons (Fsp3) is 0.500. The van der Waals surface area contributed by atoms with Gasteiger partial charge in [-0.1, -0.05) is 26.8 Å². The Bertz CT molecular complexity index is 633. The lowest BCUT2D eigenvalue weighted by atomic mass is 9.85. The molecular formula is C16H19F3N2O2. The van der Waals surface area contributed by atoms with E-state index in [0.717, 1.165) is 6.07 Å². The first kappa shape index (κ1) is 17.3. The predicted molar refractivity (Wildman–Crippen MR) is 79.9 cm³/mol. The van der Waals surface area contributed by atoms with E-state index in [1.54, 1.807) is 6.07 Å². The zero-order valence-corrected chi connectivity index (χ0v) is 13.2. The summed E-state index contributed by atoms with van der Waals surface area (Å²) in [6, 6.07) is 3.21. The van der Waals surface area contributed by atoms with Gasteiger partial charge < -0.3 is 5.32 Å². The van der Waals surface area contributed by atoms with E-state index in [4.69, 9.17) is 0 Å². The number of hydrogen-bond donors (Lipinski definition) is 2. The van der Waals surface area contributed by atoms with Gasteiger partial charge in [0.15, 0.2) is 0 Å². The number of carbonyl (C=O) groups is 2. The number of rotatable bonds is 2. The minimum absolute atomic E-state index is 0.102. The third-order valence-corrected chi connectivity index (χ3v) is 3.76. The Morgan fingerprint density at radius 2 is 1.83 bits per heavy atom. The molecule has 126 valence electrons. The van der Waals surface area contributed by atoms with Crippen LogP contribution in [0, 0.1) is 0 Å². The van der Waals surface area contributed by atoms with Gasteiger partial charge in [0.05, 0.1) is 5.56 Å². The summed E-state index contributed by atoms with van der Waals surface area (Å²) in [6.07, 6.45) is -4.27. The van der Waals surface area contributed by atoms with Gasteiger partial charge in [0.2, 0.25) is 11.8 Å². The van der Waals surface area contributed by atoms with Crippen molar-refractivity contribution in [3.05, 3.63) is 29.3 Å². The molecule has 0 saturated carbocycles. The number of amides is 2. The van der Waals surface area contributed by atoms with Crippen molar-refractivity contribution in [3.8, 4) is 0 Å². The van der Waals surface area contributed by atoms with Crippen LogP contribution in [0.25, 0.3) is 0 Å². The number of alkyl halides is 3. The van der Waals surface area contributed by atoms with Crippen molar-refractivity contribution in [2.75, 3.05) is 5.32 Å². The van der Waals surface area contributed by atoms with Gasteiger partial charge in [0.25, 0.3) is 0 Å². The highest BCUT2D eigenvalue weighted by atomic mass is 19.4. The molecule has 2 N–H and O–H groups in total. The number of halogens is 3. The number of anilines is 1. The molecule has 1 aliphatic rings. The molecule has 1 fully saturated rings. The van der Waals surface area contributed by atoms with Crippen LogP contribution in [0.2, 0.25) is 0 Å². The molecule has 2 amide bonds. The van der Waals surface area contributed by atoms with Crippen LogP contribution >= 0.6 is 0 Å². The molecule has 0 spiro atoms. The summed E-state index contributed by atoms with van der Waals surface area (Å²) in [5.41, 5.74) is -0.832. The van der Waals surface area contributed by atoms with Gasteiger partial charge in [-0.25, -0.2) is 0 Å². The number of imide groups is 1. The molecule has 1 atom stereocenters. The molecule has 1 saturated heterocycles. The number of piperidine rings is 1. The van der Waals surface area contributed by atoms with Crippen LogP contribution in [0.3, 0.4) is 0 Å². The zero-order chi connectivity index (χ0) is 17.4. The zero-order valence-electron chi connectivity index (χ0n) is 13.2. The van der Waals surface area contributed by atoms with E-state index in [-0.39, 0.29) is 18.5 Å². The van der Waals surface area contributed by atoms with E-state index in [0.29, 0.717) is 5.56 Å². The summed E-state index contributed by atoms with van der Waals surface area (Å²) in [5.74, 6) is -1.01. The van der Waals surface area contributed by atoms with Crippen molar-refractivity contribution in [2.24, 2.45) is 0 Å². The number of benzene rings is 1. The summed E-state index contributed by atoms with van der Waals surface area (Å²) in [7, 11) is 0. The molecule has 1 heterocycles. The van der Waals surface area contributed by atoms with Crippen LogP contribution in [-0.2, 0) is 21.2 Å². The molecule has 2 rings (SSSR count). The van der Waals surface area contributed by atoms with Gasteiger partial charge in [-0.2, -0.15) is 13.2 Å². The van der Waals surface area contributed by atoms with Gasteiger partial charge in [0, 0.05) is 12.1 Å². The molecule has 0 aromatic heterocycles. The molecule has 1 unspecified atom stereocenters. The number of carbonyl (C=O) groups excluding carboxylic acids is 2. The summed E-state index contributed by atoms with van der Waals surface area (Å²) in [4.78, 5) is 22.8. The van der Waals surface area contributed by atoms with E-state index < -0.39 is 35.0 Å². The average molecular weight is 328 g/mol. The Balaban J connectivity index is 2.35. The van der Waals surface area contributed by atoms with Gasteiger partial charge in [-0.05, 0) is 29.5 Å². The second kappa shape index (κ2) is 5.86. The van der Waals surface area contributed by atoms with E-state index in [2.05, 4.69) is 10.6 Å². The van der Waals surface area contributed by atoms with E-state index in [1.165, 1.54) is 6.07 Å². The van der Waals surface area contributed by atoms with Gasteiger partial charge in [-0.3, -0.25) is 14.9 Å². The molecule has 23 heavy (non-hydrogen) atoms. The standard InChI is InChI=1S/C16H19F3N2O2/c1-15(2,3)9-4-5-11(10(8-9)16(17,18)19)20-12-6-7-13(22)21-14(12)23/h4-5,8,12,20H,6-7H2,1-3H3,(H,21,22,23). The third kappa shape index (κ3) is 4.03. The molecule has 0 bridgehead atoms. The lowest BCUT2D eigenvalue weighted by Crippen LogP contribution is -2.47. The van der Waals surface area contributed by atoms with Crippen LogP contribution < -0.4 is 10.6 Å². The maximum atomic E-state index is 13.3. The Kier molecular flexibility index (Phi) is 4.41. The molecule has 0 radical (unpaired) electrons. The van der Waals surface area contributed by atoms with Crippen molar-refractivity contribution in [3.63, 3.8) is 0 Å². The molecule has 1 aromatic carbocycles. The van der Waals surface area contributed by atoms with Crippen LogP contribution in [0.15, 0.2) is 18.2 Å². The third-order valence-electron chi connectivity index (χ3n) is 3.76. The fourth-order valence-corrected chi connectivity index (χ4v) is 2.39. The maximum Gasteiger partial charge on any atom is 0.418 e. The Hall–Kier alpha value is -2.05. The maximum absolute atomic E-state index is 13.3. The summed E-state index contributed by atoms with van der Waals surface area (Å²) in [6.45, 7) is 5.49. The lowest BCUT2D eigenvalue weighted by molar-refractivity contribution is -0.138. The number of nitrogens with one attached hydrogen (secondary N) is 2. The van der Waals surface area contributed by atoms with Crippen LogP contribution in [0.1, 0.15) is 44.7 Å². The van der Waals surface area contributed by atoms with Gasteiger partial charge in [-0.15, -0.1) is 0 Å². The first-order valence-corrected chi connectivity index (χ1v) is 7.30. The van der Waals surface area contributed by atoms with Crippen molar-refractivity contribution in [1.82, 2.24) is 5.32 Å². The van der Waals surface area contributed by atoms with E-state index >= 15 is 0 Å². The highest BCUT2D eigenvalue weighted by Crippen LogP contribution is 2.38. The SMILES string of the molecule is CC(C)(C)c1ccc(NC2CCC(=O)NC2=O)c(C(F)(F)F)c1. The van der Waals surface area contributed by atoms with Gasteiger partial charge in [0.1, 0.15) is 6.04 Å². The minimum Gasteiger partial charge on any atom is -0.373 e. The van der Waals surface area contributed by atoms with Crippen molar-refractivity contribution in [1.29, 1.82) is 0 Å². The smallest absolute Gasteiger partial charge is 0.373 e. The van der Waals surface area contributed by atoms with Crippen molar-refractivity contribution < 1.29 is 22.8 Å². The quantitative estimate of drug-likeness (QED) is 0.820. The summed E-state index contributed by atoms with van der Waals surface area (Å²) < 4.78 is 40.0.